The fraction of sp³-hybridized carbons (Fsp3) is 0.267. The highest BCUT2D eigenvalue weighted by atomic mass is 19.1. The number of hydrogen-bond donors (Lipinski definition) is 0. The second-order valence-corrected chi connectivity index (χ2v) is 4.62. The average molecular weight is 260 g/mol. The van der Waals surface area contributed by atoms with Gasteiger partial charge in [0.25, 0.3) is 0 Å². The van der Waals surface area contributed by atoms with E-state index in [-0.39, 0.29) is 11.8 Å². The fourth-order valence-electron chi connectivity index (χ4n) is 2.05. The summed E-state index contributed by atoms with van der Waals surface area (Å²) in [4.78, 5) is 13.7. The number of halogens is 1. The number of allylic oxidation sites excluding steroid dienone is 2. The van der Waals surface area contributed by atoms with Gasteiger partial charge < -0.3 is 4.90 Å². The Labute approximate surface area is 111 Å². The van der Waals surface area contributed by atoms with E-state index in [9.17, 15) is 9.18 Å². The van der Waals surface area contributed by atoms with Crippen LogP contribution in [0.5, 0.6) is 0 Å². The Hall–Kier alpha value is -2.10. The quantitative estimate of drug-likeness (QED) is 0.759. The first kappa shape index (κ1) is 13.3. The van der Waals surface area contributed by atoms with Crippen molar-refractivity contribution in [2.24, 2.45) is 0 Å². The highest BCUT2D eigenvalue weighted by Gasteiger charge is 2.16. The molecule has 19 heavy (non-hydrogen) atoms. The Morgan fingerprint density at radius 2 is 2.11 bits per heavy atom. The van der Waals surface area contributed by atoms with Crippen LogP contribution in [0.4, 0.5) is 9.18 Å². The van der Waals surface area contributed by atoms with Gasteiger partial charge in [0.05, 0.1) is 5.52 Å². The molecule has 2 rings (SSSR count). The summed E-state index contributed by atoms with van der Waals surface area (Å²) < 4.78 is 15.0. The van der Waals surface area contributed by atoms with Crippen LogP contribution in [0.2, 0.25) is 0 Å². The molecular formula is C15H17FN2O. The SMILES string of the molecule is C/C=C\Cc1cc2ccc(F)cc2n1C(=O)N(C)C. The highest BCUT2D eigenvalue weighted by molar-refractivity contribution is 5.92. The number of rotatable bonds is 2. The minimum atomic E-state index is -0.337. The van der Waals surface area contributed by atoms with Gasteiger partial charge in [0.1, 0.15) is 5.82 Å². The largest absolute Gasteiger partial charge is 0.330 e. The summed E-state index contributed by atoms with van der Waals surface area (Å²) in [6.07, 6.45) is 4.55. The second-order valence-electron chi connectivity index (χ2n) is 4.62. The molecule has 1 amide bonds. The highest BCUT2D eigenvalue weighted by Crippen LogP contribution is 2.22. The lowest BCUT2D eigenvalue weighted by Gasteiger charge is -2.14. The molecule has 100 valence electrons. The summed E-state index contributed by atoms with van der Waals surface area (Å²) in [5, 5.41) is 0.871. The summed E-state index contributed by atoms with van der Waals surface area (Å²) in [6, 6.07) is 6.27. The molecule has 0 aliphatic heterocycles. The number of amides is 1. The Bertz CT molecular complexity index is 641. The lowest BCUT2D eigenvalue weighted by Crippen LogP contribution is -2.28. The third-order valence-corrected chi connectivity index (χ3v) is 2.98. The first-order chi connectivity index (χ1) is 9.04. The number of carbonyl (C=O) groups is 1. The van der Waals surface area contributed by atoms with Gasteiger partial charge in [-0.2, -0.15) is 0 Å². The van der Waals surface area contributed by atoms with Crippen molar-refractivity contribution < 1.29 is 9.18 Å². The standard InChI is InChI=1S/C15H17FN2O/c1-4-5-6-13-9-11-7-8-12(16)10-14(11)18(13)15(19)17(2)3/h4-5,7-10H,6H2,1-3H3/b5-4-. The van der Waals surface area contributed by atoms with Gasteiger partial charge in [-0.05, 0) is 31.2 Å². The number of hydrogen-bond acceptors (Lipinski definition) is 1. The number of benzene rings is 1. The Morgan fingerprint density at radius 1 is 1.37 bits per heavy atom. The van der Waals surface area contributed by atoms with Crippen molar-refractivity contribution >= 4 is 16.9 Å². The van der Waals surface area contributed by atoms with Crippen LogP contribution >= 0.6 is 0 Å². The van der Waals surface area contributed by atoms with Crippen LogP contribution in [-0.4, -0.2) is 29.6 Å². The summed E-state index contributed by atoms with van der Waals surface area (Å²) in [7, 11) is 3.37. The molecule has 0 atom stereocenters. The summed E-state index contributed by atoms with van der Waals surface area (Å²) in [5.74, 6) is -0.337. The van der Waals surface area contributed by atoms with Gasteiger partial charge in [0, 0.05) is 31.6 Å². The van der Waals surface area contributed by atoms with E-state index < -0.39 is 0 Å². The molecule has 0 bridgehead atoms. The molecule has 0 aliphatic rings. The molecule has 0 unspecified atom stereocenters. The molecule has 0 radical (unpaired) electrons. The maximum Gasteiger partial charge on any atom is 0.328 e. The van der Waals surface area contributed by atoms with Crippen LogP contribution in [0.25, 0.3) is 10.9 Å². The Kier molecular flexibility index (Phi) is 3.69. The monoisotopic (exact) mass is 260 g/mol. The van der Waals surface area contributed by atoms with E-state index in [1.165, 1.54) is 17.0 Å². The zero-order chi connectivity index (χ0) is 14.0. The summed E-state index contributed by atoms with van der Waals surface area (Å²) >= 11 is 0. The van der Waals surface area contributed by atoms with Gasteiger partial charge in [-0.1, -0.05) is 12.2 Å². The van der Waals surface area contributed by atoms with Crippen LogP contribution in [0, 0.1) is 5.82 Å². The molecule has 0 N–H and O–H groups in total. The van der Waals surface area contributed by atoms with Crippen molar-refractivity contribution in [3.8, 4) is 0 Å². The second kappa shape index (κ2) is 5.26. The minimum Gasteiger partial charge on any atom is -0.330 e. The van der Waals surface area contributed by atoms with Gasteiger partial charge in [0.15, 0.2) is 0 Å². The first-order valence-electron chi connectivity index (χ1n) is 6.17. The Morgan fingerprint density at radius 3 is 2.74 bits per heavy atom. The van der Waals surface area contributed by atoms with E-state index in [2.05, 4.69) is 0 Å². The number of carbonyl (C=O) groups excluding carboxylic acids is 1. The minimum absolute atomic E-state index is 0.167. The molecule has 0 saturated heterocycles. The van der Waals surface area contributed by atoms with Crippen molar-refractivity contribution in [1.29, 1.82) is 0 Å². The summed E-state index contributed by atoms with van der Waals surface area (Å²) in [5.41, 5.74) is 1.47. The third kappa shape index (κ3) is 2.52. The van der Waals surface area contributed by atoms with Crippen LogP contribution in [-0.2, 0) is 6.42 Å². The van der Waals surface area contributed by atoms with E-state index in [0.29, 0.717) is 11.9 Å². The first-order valence-corrected chi connectivity index (χ1v) is 6.17. The maximum absolute atomic E-state index is 13.4. The van der Waals surface area contributed by atoms with Crippen LogP contribution in [0.1, 0.15) is 12.6 Å². The maximum atomic E-state index is 13.4. The van der Waals surface area contributed by atoms with E-state index in [1.807, 2.05) is 25.1 Å². The van der Waals surface area contributed by atoms with Crippen molar-refractivity contribution in [2.45, 2.75) is 13.3 Å². The molecule has 1 aromatic heterocycles. The Balaban J connectivity index is 2.66. The molecule has 0 fully saturated rings. The fourth-order valence-corrected chi connectivity index (χ4v) is 2.05. The van der Waals surface area contributed by atoms with Crippen molar-refractivity contribution in [3.63, 3.8) is 0 Å². The number of nitrogens with zero attached hydrogens (tertiary/aromatic N) is 2. The van der Waals surface area contributed by atoms with Crippen LogP contribution in [0.3, 0.4) is 0 Å². The molecule has 3 nitrogen and oxygen atoms in total. The van der Waals surface area contributed by atoms with Crippen LogP contribution in [0.15, 0.2) is 36.4 Å². The third-order valence-electron chi connectivity index (χ3n) is 2.98. The summed E-state index contributed by atoms with van der Waals surface area (Å²) in [6.45, 7) is 1.93. The molecule has 1 heterocycles. The average Bonchev–Trinajstić information content (AvgIpc) is 2.72. The van der Waals surface area contributed by atoms with Gasteiger partial charge in [-0.25, -0.2) is 9.18 Å². The predicted octanol–water partition coefficient (Wildman–Crippen LogP) is 3.43. The molecule has 0 saturated carbocycles. The molecular weight excluding hydrogens is 243 g/mol. The van der Waals surface area contributed by atoms with Crippen LogP contribution < -0.4 is 0 Å². The molecule has 1 aromatic carbocycles. The predicted molar refractivity (Wildman–Crippen MR) is 74.9 cm³/mol. The van der Waals surface area contributed by atoms with Gasteiger partial charge in [-0.15, -0.1) is 0 Å². The molecule has 4 heteroatoms. The van der Waals surface area contributed by atoms with Crippen molar-refractivity contribution in [1.82, 2.24) is 9.47 Å². The van der Waals surface area contributed by atoms with Gasteiger partial charge >= 0.3 is 6.03 Å². The van der Waals surface area contributed by atoms with Gasteiger partial charge in [0.2, 0.25) is 0 Å². The van der Waals surface area contributed by atoms with E-state index in [4.69, 9.17) is 0 Å². The number of fused-ring (bicyclic) bond motifs is 1. The smallest absolute Gasteiger partial charge is 0.328 e. The lowest BCUT2D eigenvalue weighted by molar-refractivity contribution is 0.219. The zero-order valence-electron chi connectivity index (χ0n) is 11.4. The topological polar surface area (TPSA) is 25.2 Å². The van der Waals surface area contributed by atoms with Gasteiger partial charge in [-0.3, -0.25) is 4.57 Å². The van der Waals surface area contributed by atoms with E-state index in [0.717, 1.165) is 11.1 Å². The molecule has 0 aliphatic carbocycles. The zero-order valence-corrected chi connectivity index (χ0v) is 11.4. The van der Waals surface area contributed by atoms with Crippen molar-refractivity contribution in [2.75, 3.05) is 14.1 Å². The van der Waals surface area contributed by atoms with E-state index in [1.54, 1.807) is 24.7 Å². The molecule has 0 spiro atoms. The van der Waals surface area contributed by atoms with Crippen molar-refractivity contribution in [3.05, 3.63) is 47.9 Å². The molecule has 2 aromatic rings. The normalized spacial score (nSPS) is 11.4. The number of aromatic nitrogens is 1. The lowest BCUT2D eigenvalue weighted by atomic mass is 10.2. The van der Waals surface area contributed by atoms with E-state index >= 15 is 0 Å².